The SMILES string of the molecule is C#CCOc1nc(Nc2cc(NC)cc(C(=O)O)c2)ncc1Br. The Kier molecular flexibility index (Phi) is 5.38. The van der Waals surface area contributed by atoms with Crippen molar-refractivity contribution in [2.24, 2.45) is 0 Å². The zero-order valence-electron chi connectivity index (χ0n) is 12.1. The largest absolute Gasteiger partial charge is 0.478 e. The molecule has 0 saturated heterocycles. The number of anilines is 3. The van der Waals surface area contributed by atoms with Gasteiger partial charge in [0.25, 0.3) is 0 Å². The third-order valence-corrected chi connectivity index (χ3v) is 3.27. The predicted octanol–water partition coefficient (Wildman–Crippen LogP) is 2.73. The van der Waals surface area contributed by atoms with Crippen molar-refractivity contribution in [1.29, 1.82) is 0 Å². The third-order valence-electron chi connectivity index (χ3n) is 2.73. The fourth-order valence-electron chi connectivity index (χ4n) is 1.72. The van der Waals surface area contributed by atoms with Gasteiger partial charge in [-0.25, -0.2) is 9.78 Å². The van der Waals surface area contributed by atoms with Crippen molar-refractivity contribution in [1.82, 2.24) is 9.97 Å². The highest BCUT2D eigenvalue weighted by molar-refractivity contribution is 9.10. The standard InChI is InChI=1S/C15H13BrN4O3/c1-3-4-23-13-12(16)8-18-15(20-13)19-11-6-9(14(21)22)5-10(7-11)17-2/h1,5-8,17H,4H2,2H3,(H,21,22)(H,18,19,20). The lowest BCUT2D eigenvalue weighted by Crippen LogP contribution is -2.04. The van der Waals surface area contributed by atoms with Gasteiger partial charge < -0.3 is 20.5 Å². The van der Waals surface area contributed by atoms with Crippen LogP contribution in [0.1, 0.15) is 10.4 Å². The molecule has 0 aliphatic heterocycles. The van der Waals surface area contributed by atoms with Gasteiger partial charge in [-0.15, -0.1) is 6.42 Å². The highest BCUT2D eigenvalue weighted by Gasteiger charge is 2.10. The van der Waals surface area contributed by atoms with Crippen molar-refractivity contribution in [3.8, 4) is 18.2 Å². The fraction of sp³-hybridized carbons (Fsp3) is 0.133. The van der Waals surface area contributed by atoms with Crippen molar-refractivity contribution < 1.29 is 14.6 Å². The number of aromatic nitrogens is 2. The van der Waals surface area contributed by atoms with Crippen LogP contribution in [0.25, 0.3) is 0 Å². The molecule has 0 unspecified atom stereocenters. The molecule has 0 radical (unpaired) electrons. The van der Waals surface area contributed by atoms with E-state index in [2.05, 4.69) is 42.5 Å². The van der Waals surface area contributed by atoms with Gasteiger partial charge in [-0.2, -0.15) is 4.98 Å². The average Bonchev–Trinajstić information content (AvgIpc) is 2.54. The topological polar surface area (TPSA) is 96.4 Å². The first-order valence-corrected chi connectivity index (χ1v) is 7.24. The highest BCUT2D eigenvalue weighted by Crippen LogP contribution is 2.25. The molecule has 0 fully saturated rings. The number of nitrogens with zero attached hydrogens (tertiary/aromatic N) is 2. The molecule has 1 aromatic carbocycles. The molecule has 3 N–H and O–H groups in total. The van der Waals surface area contributed by atoms with Gasteiger partial charge >= 0.3 is 5.97 Å². The van der Waals surface area contributed by atoms with Crippen LogP contribution in [-0.4, -0.2) is 34.7 Å². The molecule has 0 amide bonds. The number of carboxylic acids is 1. The monoisotopic (exact) mass is 376 g/mol. The highest BCUT2D eigenvalue weighted by atomic mass is 79.9. The molecule has 0 saturated carbocycles. The minimum atomic E-state index is -1.03. The molecule has 0 spiro atoms. The molecule has 1 aromatic heterocycles. The lowest BCUT2D eigenvalue weighted by Gasteiger charge is -2.10. The van der Waals surface area contributed by atoms with Crippen LogP contribution in [0.15, 0.2) is 28.9 Å². The molecule has 2 rings (SSSR count). The zero-order valence-corrected chi connectivity index (χ0v) is 13.7. The van der Waals surface area contributed by atoms with Crippen molar-refractivity contribution in [3.05, 3.63) is 34.4 Å². The van der Waals surface area contributed by atoms with E-state index in [-0.39, 0.29) is 18.1 Å². The number of nitrogens with one attached hydrogen (secondary N) is 2. The van der Waals surface area contributed by atoms with E-state index >= 15 is 0 Å². The van der Waals surface area contributed by atoms with Gasteiger partial charge in [-0.1, -0.05) is 5.92 Å². The number of carboxylic acid groups (broad SMARTS) is 1. The molecule has 0 bridgehead atoms. The Morgan fingerprint density at radius 2 is 2.17 bits per heavy atom. The minimum absolute atomic E-state index is 0.0768. The van der Waals surface area contributed by atoms with Gasteiger partial charge in [0.2, 0.25) is 11.8 Å². The van der Waals surface area contributed by atoms with Crippen LogP contribution in [-0.2, 0) is 0 Å². The van der Waals surface area contributed by atoms with E-state index in [9.17, 15) is 4.79 Å². The first kappa shape index (κ1) is 16.6. The van der Waals surface area contributed by atoms with E-state index in [0.717, 1.165) is 0 Å². The maximum Gasteiger partial charge on any atom is 0.335 e. The maximum atomic E-state index is 11.2. The Balaban J connectivity index is 2.30. The van der Waals surface area contributed by atoms with Crippen LogP contribution in [0, 0.1) is 12.3 Å². The summed E-state index contributed by atoms with van der Waals surface area (Å²) in [6.07, 6.45) is 6.67. The molecule has 118 valence electrons. The summed E-state index contributed by atoms with van der Waals surface area (Å²) in [7, 11) is 1.70. The number of benzene rings is 1. The molecule has 1 heterocycles. The summed E-state index contributed by atoms with van der Waals surface area (Å²) in [4.78, 5) is 19.4. The molecule has 0 aliphatic carbocycles. The average molecular weight is 377 g/mol. The fourth-order valence-corrected chi connectivity index (χ4v) is 2.03. The van der Waals surface area contributed by atoms with Crippen LogP contribution in [0.5, 0.6) is 5.88 Å². The lowest BCUT2D eigenvalue weighted by molar-refractivity contribution is 0.0697. The summed E-state index contributed by atoms with van der Waals surface area (Å²) < 4.78 is 5.85. The quantitative estimate of drug-likeness (QED) is 0.666. The molecule has 2 aromatic rings. The number of hydrogen-bond donors (Lipinski definition) is 3. The first-order chi connectivity index (χ1) is 11.0. The second-order valence-corrected chi connectivity index (χ2v) is 5.17. The first-order valence-electron chi connectivity index (χ1n) is 6.45. The number of halogens is 1. The summed E-state index contributed by atoms with van der Waals surface area (Å²) in [6, 6.07) is 4.74. The second kappa shape index (κ2) is 7.47. The molecule has 23 heavy (non-hydrogen) atoms. The van der Waals surface area contributed by atoms with Crippen molar-refractivity contribution in [2.45, 2.75) is 0 Å². The van der Waals surface area contributed by atoms with Gasteiger partial charge in [0.15, 0.2) is 6.61 Å². The van der Waals surface area contributed by atoms with Crippen molar-refractivity contribution in [2.75, 3.05) is 24.3 Å². The number of terminal acetylenes is 1. The van der Waals surface area contributed by atoms with E-state index in [0.29, 0.717) is 21.7 Å². The van der Waals surface area contributed by atoms with Gasteiger partial charge in [0.05, 0.1) is 16.2 Å². The number of rotatable bonds is 6. The van der Waals surface area contributed by atoms with Crippen LogP contribution >= 0.6 is 15.9 Å². The third kappa shape index (κ3) is 4.34. The van der Waals surface area contributed by atoms with E-state index in [1.54, 1.807) is 13.1 Å². The van der Waals surface area contributed by atoms with Gasteiger partial charge in [0, 0.05) is 18.4 Å². The van der Waals surface area contributed by atoms with Gasteiger partial charge in [0.1, 0.15) is 0 Å². The van der Waals surface area contributed by atoms with Gasteiger partial charge in [-0.05, 0) is 34.1 Å². The summed E-state index contributed by atoms with van der Waals surface area (Å²) in [6.45, 7) is 0.0768. The Labute approximate surface area is 141 Å². The van der Waals surface area contributed by atoms with E-state index in [1.165, 1.54) is 18.3 Å². The zero-order chi connectivity index (χ0) is 16.8. The normalized spacial score (nSPS) is 9.78. The van der Waals surface area contributed by atoms with E-state index in [1.807, 2.05) is 0 Å². The summed E-state index contributed by atoms with van der Waals surface area (Å²) in [5, 5.41) is 15.0. The Morgan fingerprint density at radius 3 is 2.83 bits per heavy atom. The number of ether oxygens (including phenoxy) is 1. The van der Waals surface area contributed by atoms with Crippen LogP contribution < -0.4 is 15.4 Å². The number of carbonyl (C=O) groups is 1. The van der Waals surface area contributed by atoms with Gasteiger partial charge in [-0.3, -0.25) is 0 Å². The summed E-state index contributed by atoms with van der Waals surface area (Å²) in [5.41, 5.74) is 1.31. The predicted molar refractivity (Wildman–Crippen MR) is 90.3 cm³/mol. The van der Waals surface area contributed by atoms with Crippen LogP contribution in [0.3, 0.4) is 0 Å². The van der Waals surface area contributed by atoms with E-state index < -0.39 is 5.97 Å². The Hall–Kier alpha value is -2.79. The Bertz CT molecular complexity index is 774. The minimum Gasteiger partial charge on any atom is -0.478 e. The molecule has 0 atom stereocenters. The molecular formula is C15H13BrN4O3. The number of aromatic carboxylic acids is 1. The molecule has 8 heteroatoms. The maximum absolute atomic E-state index is 11.2. The van der Waals surface area contributed by atoms with E-state index in [4.69, 9.17) is 16.3 Å². The van der Waals surface area contributed by atoms with Crippen molar-refractivity contribution >= 4 is 39.2 Å². The summed E-state index contributed by atoms with van der Waals surface area (Å²) in [5.74, 6) is 1.87. The van der Waals surface area contributed by atoms with Crippen molar-refractivity contribution in [3.63, 3.8) is 0 Å². The Morgan fingerprint density at radius 1 is 1.43 bits per heavy atom. The summed E-state index contributed by atoms with van der Waals surface area (Å²) >= 11 is 3.27. The number of hydrogen-bond acceptors (Lipinski definition) is 6. The lowest BCUT2D eigenvalue weighted by atomic mass is 10.1. The molecular weight excluding hydrogens is 364 g/mol. The van der Waals surface area contributed by atoms with Crippen LogP contribution in [0.4, 0.5) is 17.3 Å². The smallest absolute Gasteiger partial charge is 0.335 e. The molecule has 7 nitrogen and oxygen atoms in total. The molecule has 0 aliphatic rings. The second-order valence-electron chi connectivity index (χ2n) is 4.32. The van der Waals surface area contributed by atoms with Crippen LogP contribution in [0.2, 0.25) is 0 Å².